The van der Waals surface area contributed by atoms with Crippen LogP contribution in [0.3, 0.4) is 0 Å². The van der Waals surface area contributed by atoms with E-state index in [1.165, 1.54) is 19.1 Å². The van der Waals surface area contributed by atoms with Crippen molar-refractivity contribution >= 4 is 23.4 Å². The van der Waals surface area contributed by atoms with Gasteiger partial charge in [-0.3, -0.25) is 0 Å². The molecule has 2 rings (SSSR count). The number of nitrogens with zero attached hydrogens (tertiary/aromatic N) is 1. The van der Waals surface area contributed by atoms with Crippen LogP contribution in [-0.4, -0.2) is 18.9 Å². The molecule has 0 aliphatic heterocycles. The van der Waals surface area contributed by atoms with E-state index in [2.05, 4.69) is 9.89 Å². The van der Waals surface area contributed by atoms with E-state index in [0.717, 1.165) is 25.3 Å². The lowest BCUT2D eigenvalue weighted by molar-refractivity contribution is -0.141. The average Bonchev–Trinajstić information content (AvgIpc) is 2.65. The zero-order valence-corrected chi connectivity index (χ0v) is 15.9. The van der Waals surface area contributed by atoms with Gasteiger partial charge in [-0.1, -0.05) is 35.0 Å². The SMILES string of the molecule is COC(=O)NOc1cc(C(C)=NOCc2cccc(F)c2C(F)(F)F)ccc1Cl. The van der Waals surface area contributed by atoms with Gasteiger partial charge in [0.25, 0.3) is 0 Å². The molecule has 0 unspecified atom stereocenters. The summed E-state index contributed by atoms with van der Waals surface area (Å²) in [6, 6.07) is 7.40. The average molecular weight is 435 g/mol. The van der Waals surface area contributed by atoms with Crippen molar-refractivity contribution in [2.75, 3.05) is 7.11 Å². The van der Waals surface area contributed by atoms with Gasteiger partial charge in [0.05, 0.1) is 23.4 Å². The van der Waals surface area contributed by atoms with Crippen molar-refractivity contribution in [1.82, 2.24) is 5.48 Å². The molecule has 29 heavy (non-hydrogen) atoms. The third kappa shape index (κ3) is 5.98. The Bertz CT molecular complexity index is 919. The van der Waals surface area contributed by atoms with Crippen LogP contribution in [-0.2, 0) is 22.4 Å². The summed E-state index contributed by atoms with van der Waals surface area (Å²) in [6.07, 6.45) is -5.71. The largest absolute Gasteiger partial charge is 0.451 e. The van der Waals surface area contributed by atoms with Crippen LogP contribution in [0.5, 0.6) is 5.75 Å². The first kappa shape index (κ1) is 22.3. The molecule has 0 radical (unpaired) electrons. The van der Waals surface area contributed by atoms with Crippen LogP contribution in [0.1, 0.15) is 23.6 Å². The minimum Gasteiger partial charge on any atom is -0.451 e. The van der Waals surface area contributed by atoms with Gasteiger partial charge < -0.3 is 14.4 Å². The van der Waals surface area contributed by atoms with Crippen molar-refractivity contribution in [3.8, 4) is 5.75 Å². The highest BCUT2D eigenvalue weighted by atomic mass is 35.5. The Labute approximate surface area is 167 Å². The van der Waals surface area contributed by atoms with Gasteiger partial charge in [-0.15, -0.1) is 0 Å². The van der Waals surface area contributed by atoms with Crippen LogP contribution in [0.4, 0.5) is 22.4 Å². The second-order valence-corrected chi connectivity index (χ2v) is 5.97. The predicted octanol–water partition coefficient (Wildman–Crippen LogP) is 5.09. The van der Waals surface area contributed by atoms with Crippen molar-refractivity contribution in [1.29, 1.82) is 0 Å². The molecule has 0 aliphatic rings. The topological polar surface area (TPSA) is 69.2 Å². The normalized spacial score (nSPS) is 11.8. The molecule has 0 atom stereocenters. The summed E-state index contributed by atoms with van der Waals surface area (Å²) >= 11 is 5.96. The Morgan fingerprint density at radius 2 is 1.97 bits per heavy atom. The number of ether oxygens (including phenoxy) is 1. The Morgan fingerprint density at radius 1 is 1.24 bits per heavy atom. The molecule has 2 aromatic rings. The molecule has 0 aliphatic carbocycles. The standard InChI is InChI=1S/C18H15ClF4N2O4/c1-10(11-6-7-13(19)15(8-11)29-25-17(26)27-2)24-28-9-12-4-3-5-14(20)16(12)18(21,22)23/h3-8H,9H2,1-2H3,(H,25,26). The third-order valence-electron chi connectivity index (χ3n) is 3.58. The number of alkyl halides is 3. The van der Waals surface area contributed by atoms with Gasteiger partial charge in [-0.25, -0.2) is 9.18 Å². The molecule has 0 spiro atoms. The van der Waals surface area contributed by atoms with Crippen LogP contribution >= 0.6 is 11.6 Å². The summed E-state index contributed by atoms with van der Waals surface area (Å²) < 4.78 is 56.9. The number of amides is 1. The first-order chi connectivity index (χ1) is 13.6. The van der Waals surface area contributed by atoms with Crippen LogP contribution in [0.15, 0.2) is 41.6 Å². The fraction of sp³-hybridized carbons (Fsp3) is 0.222. The van der Waals surface area contributed by atoms with Gasteiger partial charge in [0.1, 0.15) is 12.4 Å². The molecular weight excluding hydrogens is 420 g/mol. The molecule has 0 heterocycles. The summed E-state index contributed by atoms with van der Waals surface area (Å²) in [5, 5.41) is 3.92. The Morgan fingerprint density at radius 3 is 2.62 bits per heavy atom. The molecule has 0 saturated heterocycles. The van der Waals surface area contributed by atoms with E-state index in [0.29, 0.717) is 5.56 Å². The molecule has 6 nitrogen and oxygen atoms in total. The van der Waals surface area contributed by atoms with Gasteiger partial charge in [-0.2, -0.15) is 18.7 Å². The van der Waals surface area contributed by atoms with Crippen molar-refractivity contribution in [3.05, 3.63) is 63.9 Å². The lowest BCUT2D eigenvalue weighted by Gasteiger charge is -2.13. The number of nitrogens with one attached hydrogen (secondary N) is 1. The van der Waals surface area contributed by atoms with E-state index in [1.807, 2.05) is 5.48 Å². The Hall–Kier alpha value is -3.01. The van der Waals surface area contributed by atoms with Crippen molar-refractivity contribution in [3.63, 3.8) is 0 Å². The third-order valence-corrected chi connectivity index (χ3v) is 3.90. The van der Waals surface area contributed by atoms with Crippen LogP contribution in [0.2, 0.25) is 5.02 Å². The second-order valence-electron chi connectivity index (χ2n) is 5.56. The smallest absolute Gasteiger partial charge is 0.440 e. The maximum atomic E-state index is 13.6. The predicted molar refractivity (Wildman–Crippen MR) is 96.0 cm³/mol. The highest BCUT2D eigenvalue weighted by molar-refractivity contribution is 6.32. The fourth-order valence-corrected chi connectivity index (χ4v) is 2.36. The van der Waals surface area contributed by atoms with E-state index >= 15 is 0 Å². The number of halogens is 5. The van der Waals surface area contributed by atoms with Gasteiger partial charge in [0, 0.05) is 11.1 Å². The number of carbonyl (C=O) groups is 1. The number of hydrogen-bond acceptors (Lipinski definition) is 5. The minimum atomic E-state index is -4.86. The Balaban J connectivity index is 2.13. The molecule has 156 valence electrons. The lowest BCUT2D eigenvalue weighted by Crippen LogP contribution is -2.26. The van der Waals surface area contributed by atoms with Crippen molar-refractivity contribution < 1.29 is 36.8 Å². The first-order valence-electron chi connectivity index (χ1n) is 7.95. The van der Waals surface area contributed by atoms with E-state index < -0.39 is 35.8 Å². The van der Waals surface area contributed by atoms with E-state index in [4.69, 9.17) is 21.3 Å². The number of rotatable bonds is 6. The second kappa shape index (κ2) is 9.46. The molecule has 1 N–H and O–H groups in total. The van der Waals surface area contributed by atoms with Gasteiger partial charge in [0.15, 0.2) is 5.75 Å². The molecule has 0 saturated carbocycles. The highest BCUT2D eigenvalue weighted by Crippen LogP contribution is 2.34. The molecule has 11 heteroatoms. The molecule has 0 aromatic heterocycles. The van der Waals surface area contributed by atoms with Crippen molar-refractivity contribution in [2.24, 2.45) is 5.16 Å². The molecular formula is C18H15ClF4N2O4. The number of hydrogen-bond donors (Lipinski definition) is 1. The van der Waals surface area contributed by atoms with Crippen molar-refractivity contribution in [2.45, 2.75) is 19.7 Å². The number of carbonyl (C=O) groups excluding carboxylic acids is 1. The first-order valence-corrected chi connectivity index (χ1v) is 8.33. The van der Waals surface area contributed by atoms with E-state index in [-0.39, 0.29) is 16.5 Å². The van der Waals surface area contributed by atoms with Gasteiger partial charge in [0.2, 0.25) is 0 Å². The van der Waals surface area contributed by atoms with Crippen LogP contribution in [0, 0.1) is 5.82 Å². The number of oxime groups is 1. The minimum absolute atomic E-state index is 0.0774. The Kier molecular flexibility index (Phi) is 7.27. The maximum absolute atomic E-state index is 13.6. The lowest BCUT2D eigenvalue weighted by atomic mass is 10.1. The number of methoxy groups -OCH3 is 1. The number of hydroxylamine groups is 1. The molecule has 0 bridgehead atoms. The summed E-state index contributed by atoms with van der Waals surface area (Å²) in [7, 11) is 1.15. The number of benzene rings is 2. The van der Waals surface area contributed by atoms with Crippen LogP contribution in [0.25, 0.3) is 0 Å². The molecule has 1 amide bonds. The zero-order valence-electron chi connectivity index (χ0n) is 15.1. The quantitative estimate of drug-likeness (QED) is 0.390. The van der Waals surface area contributed by atoms with Gasteiger partial charge >= 0.3 is 12.3 Å². The summed E-state index contributed by atoms with van der Waals surface area (Å²) in [6.45, 7) is 0.932. The van der Waals surface area contributed by atoms with Crippen LogP contribution < -0.4 is 10.3 Å². The zero-order chi connectivity index (χ0) is 21.6. The summed E-state index contributed by atoms with van der Waals surface area (Å²) in [5.41, 5.74) is 0.919. The summed E-state index contributed by atoms with van der Waals surface area (Å²) in [5.74, 6) is -1.31. The van der Waals surface area contributed by atoms with E-state index in [1.54, 1.807) is 6.07 Å². The maximum Gasteiger partial charge on any atom is 0.440 e. The fourth-order valence-electron chi connectivity index (χ4n) is 2.20. The monoisotopic (exact) mass is 434 g/mol. The summed E-state index contributed by atoms with van der Waals surface area (Å²) in [4.78, 5) is 21.0. The molecule has 2 aromatic carbocycles. The molecule has 0 fully saturated rings. The van der Waals surface area contributed by atoms with E-state index in [9.17, 15) is 22.4 Å². The highest BCUT2D eigenvalue weighted by Gasteiger charge is 2.36. The van der Waals surface area contributed by atoms with Gasteiger partial charge in [-0.05, 0) is 25.1 Å².